The van der Waals surface area contributed by atoms with E-state index in [2.05, 4.69) is 6.92 Å². The molecule has 0 aliphatic carbocycles. The van der Waals surface area contributed by atoms with Gasteiger partial charge in [0.05, 0.1) is 6.10 Å². The predicted octanol–water partition coefficient (Wildman–Crippen LogP) is 1.02. The maximum atomic E-state index is 8.77. The lowest BCUT2D eigenvalue weighted by Gasteiger charge is -2.22. The topological polar surface area (TPSA) is 80.9 Å². The van der Waals surface area contributed by atoms with Gasteiger partial charge in [-0.25, -0.2) is 0 Å². The third-order valence-electron chi connectivity index (χ3n) is 3.15. The average molecular weight is 250 g/mol. The van der Waals surface area contributed by atoms with Crippen molar-refractivity contribution in [1.82, 2.24) is 0 Å². The minimum Gasteiger partial charge on any atom is -0.396 e. The number of rotatable bonds is 7. The molecule has 0 saturated carbocycles. The van der Waals surface area contributed by atoms with Crippen LogP contribution in [-0.2, 0) is 0 Å². The van der Waals surface area contributed by atoms with Gasteiger partial charge < -0.3 is 20.4 Å². The fraction of sp³-hybridized carbons (Fsp3) is 1.00. The van der Waals surface area contributed by atoms with Crippen LogP contribution in [0, 0.1) is 17.8 Å². The van der Waals surface area contributed by atoms with Gasteiger partial charge in [0, 0.05) is 19.8 Å². The molecule has 0 aromatic rings. The molecule has 4 N–H and O–H groups in total. The Balaban J connectivity index is 0. The van der Waals surface area contributed by atoms with Crippen molar-refractivity contribution in [1.29, 1.82) is 0 Å². The van der Waals surface area contributed by atoms with Crippen molar-refractivity contribution >= 4 is 0 Å². The minimum absolute atomic E-state index is 0.185. The molecule has 0 spiro atoms. The summed E-state index contributed by atoms with van der Waals surface area (Å²) >= 11 is 0. The summed E-state index contributed by atoms with van der Waals surface area (Å²) < 4.78 is 0. The van der Waals surface area contributed by atoms with Gasteiger partial charge >= 0.3 is 0 Å². The van der Waals surface area contributed by atoms with Crippen LogP contribution < -0.4 is 0 Å². The van der Waals surface area contributed by atoms with E-state index >= 15 is 0 Å². The second kappa shape index (κ2) is 12.3. The van der Waals surface area contributed by atoms with Crippen molar-refractivity contribution in [2.75, 3.05) is 19.8 Å². The normalized spacial score (nSPS) is 17.6. The Morgan fingerprint density at radius 3 is 1.41 bits per heavy atom. The molecule has 0 fully saturated rings. The molecule has 0 bridgehead atoms. The van der Waals surface area contributed by atoms with Gasteiger partial charge in [-0.1, -0.05) is 20.8 Å². The molecular weight excluding hydrogens is 220 g/mol. The number of hydrogen-bond acceptors (Lipinski definition) is 4. The molecule has 0 amide bonds. The van der Waals surface area contributed by atoms with Crippen LogP contribution >= 0.6 is 0 Å². The lowest BCUT2D eigenvalue weighted by Crippen LogP contribution is -2.21. The quantitative estimate of drug-likeness (QED) is 0.544. The van der Waals surface area contributed by atoms with Gasteiger partial charge in [0.15, 0.2) is 0 Å². The van der Waals surface area contributed by atoms with Crippen LogP contribution in [0.2, 0.25) is 0 Å². The highest BCUT2D eigenvalue weighted by Crippen LogP contribution is 2.19. The van der Waals surface area contributed by atoms with Crippen molar-refractivity contribution in [2.24, 2.45) is 17.8 Å². The molecule has 0 aliphatic heterocycles. The standard InChI is InChI=1S/C8H18O2.C5H12O2/c1-6(4-9)8(3)7(2)5-10;1-5(7)3-2-4-6/h6-10H,4-5H2,1-3H3;5-7H,2-4H2,1H3. The van der Waals surface area contributed by atoms with Crippen LogP contribution in [0.15, 0.2) is 0 Å². The van der Waals surface area contributed by atoms with E-state index in [9.17, 15) is 0 Å². The lowest BCUT2D eigenvalue weighted by atomic mass is 9.86. The molecule has 17 heavy (non-hydrogen) atoms. The van der Waals surface area contributed by atoms with Crippen molar-refractivity contribution in [3.05, 3.63) is 0 Å². The van der Waals surface area contributed by atoms with Crippen LogP contribution in [0.25, 0.3) is 0 Å². The Bertz CT molecular complexity index is 140. The Hall–Kier alpha value is -0.160. The Labute approximate surface area is 105 Å². The first kappa shape index (κ1) is 19.2. The van der Waals surface area contributed by atoms with Crippen molar-refractivity contribution < 1.29 is 20.4 Å². The largest absolute Gasteiger partial charge is 0.396 e. The molecule has 0 rings (SSSR count). The Morgan fingerprint density at radius 2 is 1.24 bits per heavy atom. The molecule has 4 heteroatoms. The van der Waals surface area contributed by atoms with Gasteiger partial charge in [-0.15, -0.1) is 0 Å². The molecule has 0 aromatic carbocycles. The van der Waals surface area contributed by atoms with E-state index in [1.807, 2.05) is 13.8 Å². The fourth-order valence-corrected chi connectivity index (χ4v) is 1.28. The highest BCUT2D eigenvalue weighted by atomic mass is 16.3. The van der Waals surface area contributed by atoms with E-state index in [4.69, 9.17) is 20.4 Å². The summed E-state index contributed by atoms with van der Waals surface area (Å²) in [6.07, 6.45) is 1.15. The summed E-state index contributed by atoms with van der Waals surface area (Å²) in [6, 6.07) is 0. The molecule has 0 heterocycles. The number of aliphatic hydroxyl groups excluding tert-OH is 4. The molecule has 0 saturated heterocycles. The smallest absolute Gasteiger partial charge is 0.0513 e. The summed E-state index contributed by atoms with van der Waals surface area (Å²) in [6.45, 7) is 8.38. The van der Waals surface area contributed by atoms with Gasteiger partial charge in [-0.3, -0.25) is 0 Å². The molecule has 3 atom stereocenters. The summed E-state index contributed by atoms with van der Waals surface area (Å²) in [5.74, 6) is 0.985. The first-order chi connectivity index (χ1) is 7.90. The molecule has 4 nitrogen and oxygen atoms in total. The predicted molar refractivity (Wildman–Crippen MR) is 69.7 cm³/mol. The van der Waals surface area contributed by atoms with E-state index in [1.165, 1.54) is 0 Å². The first-order valence-electron chi connectivity index (χ1n) is 6.41. The van der Waals surface area contributed by atoms with E-state index in [1.54, 1.807) is 6.92 Å². The van der Waals surface area contributed by atoms with E-state index in [0.717, 1.165) is 0 Å². The molecular formula is C13H30O4. The maximum absolute atomic E-state index is 8.77. The average Bonchev–Trinajstić information content (AvgIpc) is 2.33. The maximum Gasteiger partial charge on any atom is 0.0513 e. The molecule has 0 aromatic heterocycles. The summed E-state index contributed by atoms with van der Waals surface area (Å²) in [5.41, 5.74) is 0. The summed E-state index contributed by atoms with van der Waals surface area (Å²) in [5, 5.41) is 34.3. The molecule has 3 unspecified atom stereocenters. The van der Waals surface area contributed by atoms with E-state index in [0.29, 0.717) is 30.6 Å². The second-order valence-corrected chi connectivity index (χ2v) is 4.89. The van der Waals surface area contributed by atoms with Gasteiger partial charge in [-0.05, 0) is 37.5 Å². The number of aliphatic hydroxyl groups is 4. The third-order valence-corrected chi connectivity index (χ3v) is 3.15. The third kappa shape index (κ3) is 12.1. The fourth-order valence-electron chi connectivity index (χ4n) is 1.28. The van der Waals surface area contributed by atoms with Gasteiger partial charge in [-0.2, -0.15) is 0 Å². The monoisotopic (exact) mass is 250 g/mol. The molecule has 0 radical (unpaired) electrons. The summed E-state index contributed by atoms with van der Waals surface area (Å²) in [4.78, 5) is 0. The highest BCUT2D eigenvalue weighted by molar-refractivity contribution is 4.66. The van der Waals surface area contributed by atoms with Crippen molar-refractivity contribution in [2.45, 2.75) is 46.6 Å². The minimum atomic E-state index is -0.257. The second-order valence-electron chi connectivity index (χ2n) is 4.89. The van der Waals surface area contributed by atoms with Crippen LogP contribution in [-0.4, -0.2) is 46.4 Å². The zero-order valence-corrected chi connectivity index (χ0v) is 11.6. The van der Waals surface area contributed by atoms with E-state index in [-0.39, 0.29) is 25.9 Å². The van der Waals surface area contributed by atoms with Crippen molar-refractivity contribution in [3.63, 3.8) is 0 Å². The van der Waals surface area contributed by atoms with Gasteiger partial charge in [0.2, 0.25) is 0 Å². The van der Waals surface area contributed by atoms with Crippen LogP contribution in [0.3, 0.4) is 0 Å². The van der Waals surface area contributed by atoms with Crippen LogP contribution in [0.5, 0.6) is 0 Å². The van der Waals surface area contributed by atoms with Crippen LogP contribution in [0.1, 0.15) is 40.5 Å². The SMILES string of the molecule is CC(CO)C(C)C(C)CO.CC(O)CCCO. The highest BCUT2D eigenvalue weighted by Gasteiger charge is 2.16. The van der Waals surface area contributed by atoms with Crippen LogP contribution in [0.4, 0.5) is 0 Å². The molecule has 0 aliphatic rings. The van der Waals surface area contributed by atoms with E-state index < -0.39 is 0 Å². The van der Waals surface area contributed by atoms with Crippen molar-refractivity contribution in [3.8, 4) is 0 Å². The Kier molecular flexibility index (Phi) is 13.9. The zero-order chi connectivity index (χ0) is 13.8. The number of hydrogen-bond donors (Lipinski definition) is 4. The van der Waals surface area contributed by atoms with Gasteiger partial charge in [0.1, 0.15) is 0 Å². The first-order valence-corrected chi connectivity index (χ1v) is 6.41. The lowest BCUT2D eigenvalue weighted by molar-refractivity contribution is 0.124. The zero-order valence-electron chi connectivity index (χ0n) is 11.6. The molecule has 106 valence electrons. The summed E-state index contributed by atoms with van der Waals surface area (Å²) in [7, 11) is 0. The van der Waals surface area contributed by atoms with Gasteiger partial charge in [0.25, 0.3) is 0 Å². The Morgan fingerprint density at radius 1 is 0.824 bits per heavy atom.